The summed E-state index contributed by atoms with van der Waals surface area (Å²) in [7, 11) is 3.28. The van der Waals surface area contributed by atoms with Crippen LogP contribution in [-0.2, 0) is 0 Å². The molecule has 0 spiro atoms. The van der Waals surface area contributed by atoms with Crippen LogP contribution in [-0.4, -0.2) is 51.1 Å². The van der Waals surface area contributed by atoms with Gasteiger partial charge in [0.25, 0.3) is 5.91 Å². The van der Waals surface area contributed by atoms with Crippen molar-refractivity contribution < 1.29 is 18.7 Å². The number of hydrazine groups is 1. The van der Waals surface area contributed by atoms with Crippen LogP contribution in [0, 0.1) is 5.82 Å². The van der Waals surface area contributed by atoms with Crippen molar-refractivity contribution in [1.82, 2.24) is 25.1 Å². The van der Waals surface area contributed by atoms with E-state index in [2.05, 4.69) is 25.5 Å². The number of halogens is 1. The third kappa shape index (κ3) is 5.36. The minimum absolute atomic E-state index is 0.0260. The molecule has 0 unspecified atom stereocenters. The van der Waals surface area contributed by atoms with Gasteiger partial charge in [0.2, 0.25) is 5.88 Å². The zero-order valence-corrected chi connectivity index (χ0v) is 20.9. The van der Waals surface area contributed by atoms with Crippen molar-refractivity contribution in [2.75, 3.05) is 24.4 Å². The second kappa shape index (κ2) is 10.6. The lowest BCUT2D eigenvalue weighted by Gasteiger charge is -2.16. The Hall–Kier alpha value is -5.36. The van der Waals surface area contributed by atoms with E-state index < -0.39 is 11.7 Å². The monoisotopic (exact) mass is 526 g/mol. The summed E-state index contributed by atoms with van der Waals surface area (Å²) in [6, 6.07) is 15.9. The van der Waals surface area contributed by atoms with Crippen LogP contribution in [0.15, 0.2) is 79.3 Å². The number of fused-ring (bicyclic) bond motifs is 1. The molecular weight excluding hydrogens is 503 g/mol. The van der Waals surface area contributed by atoms with Gasteiger partial charge in [0.15, 0.2) is 17.3 Å². The highest BCUT2D eigenvalue weighted by atomic mass is 19.1. The molecule has 4 N–H and O–H groups in total. The number of nitrogens with two attached hydrogens (primary N) is 1. The molecular formula is C27H23FN8O3. The number of pyridine rings is 2. The van der Waals surface area contributed by atoms with Crippen molar-refractivity contribution in [2.24, 2.45) is 5.84 Å². The van der Waals surface area contributed by atoms with Crippen molar-refractivity contribution in [3.05, 3.63) is 90.8 Å². The second-order valence-electron chi connectivity index (χ2n) is 8.68. The predicted octanol–water partition coefficient (Wildman–Crippen LogP) is 4.57. The molecule has 0 aliphatic rings. The number of H-pyrrole nitrogens is 1. The van der Waals surface area contributed by atoms with Crippen LogP contribution in [0.25, 0.3) is 22.0 Å². The van der Waals surface area contributed by atoms with Crippen LogP contribution in [0.3, 0.4) is 0 Å². The largest absolute Gasteiger partial charge is 0.436 e. The number of nitrogens with one attached hydrogen (secondary N) is 2. The number of benzene rings is 2. The highest BCUT2D eigenvalue weighted by Gasteiger charge is 2.21. The normalized spacial score (nSPS) is 10.8. The Kier molecular flexibility index (Phi) is 6.85. The number of hydrogen-bond donors (Lipinski definition) is 3. The third-order valence-electron chi connectivity index (χ3n) is 5.76. The number of hydrogen-bond acceptors (Lipinski definition) is 7. The smallest absolute Gasteiger partial charge is 0.321 e. The van der Waals surface area contributed by atoms with Gasteiger partial charge >= 0.3 is 6.03 Å². The molecule has 0 atom stereocenters. The Morgan fingerprint density at radius 3 is 2.56 bits per heavy atom. The van der Waals surface area contributed by atoms with E-state index in [1.807, 2.05) is 6.07 Å². The number of carbonyl (C=O) groups is 2. The first kappa shape index (κ1) is 25.3. The second-order valence-corrected chi connectivity index (χ2v) is 8.68. The van der Waals surface area contributed by atoms with Gasteiger partial charge < -0.3 is 15.0 Å². The Morgan fingerprint density at radius 2 is 1.82 bits per heavy atom. The molecule has 3 heterocycles. The number of rotatable bonds is 6. The number of ether oxygens (including phenoxy) is 1. The van der Waals surface area contributed by atoms with Gasteiger partial charge in [-0.05, 0) is 42.0 Å². The highest BCUT2D eigenvalue weighted by molar-refractivity contribution is 6.12. The lowest BCUT2D eigenvalue weighted by atomic mass is 10.0. The van der Waals surface area contributed by atoms with Crippen LogP contribution in [0.1, 0.15) is 10.5 Å². The lowest BCUT2D eigenvalue weighted by molar-refractivity contribution is 0.0983. The molecule has 39 heavy (non-hydrogen) atoms. The molecule has 0 bridgehead atoms. The van der Waals surface area contributed by atoms with Gasteiger partial charge in [-0.15, -0.1) is 0 Å². The van der Waals surface area contributed by atoms with E-state index in [1.54, 1.807) is 56.8 Å². The highest BCUT2D eigenvalue weighted by Crippen LogP contribution is 2.28. The van der Waals surface area contributed by atoms with Crippen LogP contribution < -0.4 is 20.9 Å². The van der Waals surface area contributed by atoms with E-state index in [9.17, 15) is 14.0 Å². The van der Waals surface area contributed by atoms with E-state index in [0.717, 1.165) is 16.1 Å². The van der Waals surface area contributed by atoms with Crippen LogP contribution in [0.5, 0.6) is 11.6 Å². The minimum Gasteiger partial charge on any atom is -0.436 e. The molecule has 11 nitrogen and oxygen atoms in total. The van der Waals surface area contributed by atoms with Crippen molar-refractivity contribution in [3.8, 4) is 22.8 Å². The van der Waals surface area contributed by atoms with Gasteiger partial charge in [-0.1, -0.05) is 18.2 Å². The molecule has 0 aliphatic heterocycles. The Bertz CT molecular complexity index is 1670. The number of aromatic amines is 1. The first-order valence-corrected chi connectivity index (χ1v) is 11.7. The van der Waals surface area contributed by atoms with Gasteiger partial charge in [0.05, 0.1) is 29.3 Å². The molecule has 196 valence electrons. The molecule has 5 rings (SSSR count). The summed E-state index contributed by atoms with van der Waals surface area (Å²) in [5, 5.41) is 11.2. The van der Waals surface area contributed by atoms with E-state index in [1.165, 1.54) is 35.4 Å². The van der Waals surface area contributed by atoms with Crippen LogP contribution in [0.4, 0.5) is 20.6 Å². The summed E-state index contributed by atoms with van der Waals surface area (Å²) in [5.41, 5.74) is 3.02. The van der Waals surface area contributed by atoms with Gasteiger partial charge in [0.1, 0.15) is 0 Å². The molecule has 3 aromatic heterocycles. The standard InChI is InChI=1S/C27H23FN8O3/c1-35(2)27(38)32-18-11-17(13-30-14-18)16-7-9-22-20(12-16)25(34-33-22)26(37)36(29)19-8-10-24(31-15-19)39-23-6-4-3-5-21(23)28/h3-15H,29H2,1-2H3,(H,32,38)(H,33,34). The predicted molar refractivity (Wildman–Crippen MR) is 144 cm³/mol. The maximum Gasteiger partial charge on any atom is 0.321 e. The topological polar surface area (TPSA) is 142 Å². The first-order valence-electron chi connectivity index (χ1n) is 11.7. The fourth-order valence-corrected chi connectivity index (χ4v) is 3.70. The minimum atomic E-state index is -0.576. The van der Waals surface area contributed by atoms with E-state index in [0.29, 0.717) is 16.6 Å². The number of amides is 3. The zero-order valence-electron chi connectivity index (χ0n) is 20.9. The first-order chi connectivity index (χ1) is 18.8. The molecule has 0 saturated carbocycles. The Balaban J connectivity index is 1.37. The van der Waals surface area contributed by atoms with E-state index in [-0.39, 0.29) is 29.0 Å². The van der Waals surface area contributed by atoms with Crippen molar-refractivity contribution >= 4 is 34.2 Å². The van der Waals surface area contributed by atoms with E-state index in [4.69, 9.17) is 10.6 Å². The number of urea groups is 1. The molecule has 12 heteroatoms. The molecule has 0 radical (unpaired) electrons. The number of nitrogens with zero attached hydrogens (tertiary/aromatic N) is 5. The van der Waals surface area contributed by atoms with Gasteiger partial charge in [-0.25, -0.2) is 25.0 Å². The molecule has 0 aliphatic carbocycles. The number of aromatic nitrogens is 4. The lowest BCUT2D eigenvalue weighted by Crippen LogP contribution is -2.37. The average Bonchev–Trinajstić information content (AvgIpc) is 3.37. The van der Waals surface area contributed by atoms with Gasteiger partial charge in [0, 0.05) is 37.3 Å². The Labute approximate surface area is 222 Å². The maximum absolute atomic E-state index is 13.9. The molecule has 5 aromatic rings. The fraction of sp³-hybridized carbons (Fsp3) is 0.0741. The summed E-state index contributed by atoms with van der Waals surface area (Å²) in [6.45, 7) is 0. The number of para-hydroxylation sites is 1. The van der Waals surface area contributed by atoms with Crippen molar-refractivity contribution in [1.29, 1.82) is 0 Å². The Morgan fingerprint density at radius 1 is 1.00 bits per heavy atom. The molecule has 3 amide bonds. The maximum atomic E-state index is 13.9. The molecule has 0 saturated heterocycles. The SMILES string of the molecule is CN(C)C(=O)Nc1cncc(-c2ccc3[nH]nc(C(=O)N(N)c4ccc(Oc5ccccc5F)nc4)c3c2)c1. The number of anilines is 2. The summed E-state index contributed by atoms with van der Waals surface area (Å²) >= 11 is 0. The van der Waals surface area contributed by atoms with Crippen molar-refractivity contribution in [3.63, 3.8) is 0 Å². The zero-order chi connectivity index (χ0) is 27.5. The summed E-state index contributed by atoms with van der Waals surface area (Å²) in [6.07, 6.45) is 4.54. The van der Waals surface area contributed by atoms with Gasteiger partial charge in [-0.2, -0.15) is 5.10 Å². The van der Waals surface area contributed by atoms with Crippen molar-refractivity contribution in [2.45, 2.75) is 0 Å². The van der Waals surface area contributed by atoms with Crippen LogP contribution in [0.2, 0.25) is 0 Å². The van der Waals surface area contributed by atoms with Crippen LogP contribution >= 0.6 is 0 Å². The quantitative estimate of drug-likeness (QED) is 0.167. The third-order valence-corrected chi connectivity index (χ3v) is 5.76. The number of carbonyl (C=O) groups excluding carboxylic acids is 2. The summed E-state index contributed by atoms with van der Waals surface area (Å²) in [5.74, 6) is 5.19. The molecule has 0 fully saturated rings. The fourth-order valence-electron chi connectivity index (χ4n) is 3.70. The average molecular weight is 527 g/mol. The van der Waals surface area contributed by atoms with E-state index >= 15 is 0 Å². The summed E-state index contributed by atoms with van der Waals surface area (Å²) in [4.78, 5) is 35.0. The molecule has 2 aromatic carbocycles. The summed E-state index contributed by atoms with van der Waals surface area (Å²) < 4.78 is 19.3. The van der Waals surface area contributed by atoms with Gasteiger partial charge in [-0.3, -0.25) is 14.9 Å².